The minimum absolute atomic E-state index is 0.510. The summed E-state index contributed by atoms with van der Waals surface area (Å²) >= 11 is 0. The molecular formula is C13H17N5O2S. The van der Waals surface area contributed by atoms with Gasteiger partial charge in [-0.1, -0.05) is 0 Å². The zero-order valence-electron chi connectivity index (χ0n) is 12.0. The first-order valence-electron chi connectivity index (χ1n) is 6.18. The Balaban J connectivity index is 2.12. The number of rotatable bonds is 5. The molecule has 112 valence electrons. The highest BCUT2D eigenvalue weighted by atomic mass is 32.2. The van der Waals surface area contributed by atoms with E-state index in [1.807, 2.05) is 25.1 Å². The Morgan fingerprint density at radius 3 is 2.29 bits per heavy atom. The Morgan fingerprint density at radius 1 is 1.10 bits per heavy atom. The van der Waals surface area contributed by atoms with Crippen LogP contribution in [-0.4, -0.2) is 39.0 Å². The lowest BCUT2D eigenvalue weighted by Crippen LogP contribution is -2.10. The maximum Gasteiger partial charge on any atom is 0.229 e. The summed E-state index contributed by atoms with van der Waals surface area (Å²) in [6.45, 7) is 0. The number of hydrogen-bond acceptors (Lipinski definition) is 6. The van der Waals surface area contributed by atoms with Crippen LogP contribution in [0.2, 0.25) is 0 Å². The zero-order valence-corrected chi connectivity index (χ0v) is 12.8. The molecule has 0 aliphatic rings. The second kappa shape index (κ2) is 5.96. The van der Waals surface area contributed by atoms with Crippen LogP contribution in [0.4, 0.5) is 22.9 Å². The lowest BCUT2D eigenvalue weighted by atomic mass is 10.3. The Kier molecular flexibility index (Phi) is 4.27. The topological polar surface area (TPSA) is 87.2 Å². The molecule has 0 fully saturated rings. The minimum atomic E-state index is -3.26. The predicted octanol–water partition coefficient (Wildman–Crippen LogP) is 1.66. The predicted molar refractivity (Wildman–Crippen MR) is 84.6 cm³/mol. The van der Waals surface area contributed by atoms with Crippen molar-refractivity contribution in [3.63, 3.8) is 0 Å². The summed E-state index contributed by atoms with van der Waals surface area (Å²) in [5.74, 6) is 0.616. The third kappa shape index (κ3) is 4.60. The van der Waals surface area contributed by atoms with Gasteiger partial charge in [-0.05, 0) is 24.3 Å². The van der Waals surface area contributed by atoms with E-state index in [2.05, 4.69) is 20.2 Å². The fraction of sp³-hybridized carbons (Fsp3) is 0.231. The van der Waals surface area contributed by atoms with E-state index in [1.165, 1.54) is 0 Å². The maximum absolute atomic E-state index is 11.1. The molecule has 0 aliphatic carbocycles. The van der Waals surface area contributed by atoms with Gasteiger partial charge >= 0.3 is 0 Å². The van der Waals surface area contributed by atoms with Crippen molar-refractivity contribution in [2.75, 3.05) is 35.3 Å². The van der Waals surface area contributed by atoms with E-state index in [9.17, 15) is 8.42 Å². The molecule has 21 heavy (non-hydrogen) atoms. The molecule has 0 bridgehead atoms. The Bertz CT molecular complexity index is 714. The van der Waals surface area contributed by atoms with Gasteiger partial charge in [-0.25, -0.2) is 8.42 Å². The fourth-order valence-corrected chi connectivity index (χ4v) is 2.21. The van der Waals surface area contributed by atoms with Gasteiger partial charge in [-0.15, -0.1) is 5.10 Å². The van der Waals surface area contributed by atoms with Crippen molar-refractivity contribution in [3.05, 3.63) is 36.5 Å². The van der Waals surface area contributed by atoms with Crippen LogP contribution in [0.25, 0.3) is 0 Å². The Hall–Kier alpha value is -2.35. The van der Waals surface area contributed by atoms with Crippen LogP contribution < -0.4 is 14.9 Å². The quantitative estimate of drug-likeness (QED) is 0.873. The van der Waals surface area contributed by atoms with E-state index < -0.39 is 10.0 Å². The van der Waals surface area contributed by atoms with Crippen molar-refractivity contribution in [2.45, 2.75) is 0 Å². The van der Waals surface area contributed by atoms with Crippen molar-refractivity contribution in [1.82, 2.24) is 10.2 Å². The Morgan fingerprint density at radius 2 is 1.71 bits per heavy atom. The Labute approximate surface area is 124 Å². The van der Waals surface area contributed by atoms with Crippen molar-refractivity contribution < 1.29 is 8.42 Å². The van der Waals surface area contributed by atoms with E-state index in [1.54, 1.807) is 30.5 Å². The number of sulfonamides is 1. The number of hydrogen-bond donors (Lipinski definition) is 2. The number of aromatic nitrogens is 2. The fourth-order valence-electron chi connectivity index (χ4n) is 1.65. The van der Waals surface area contributed by atoms with Crippen LogP contribution in [0.3, 0.4) is 0 Å². The molecule has 2 N–H and O–H groups in total. The molecule has 0 unspecified atom stereocenters. The normalized spacial score (nSPS) is 11.0. The minimum Gasteiger partial charge on any atom is -0.376 e. The standard InChI is InChI=1S/C13H17N5O2S/c1-18(2)12-8-13(16-14-9-12)15-10-4-6-11(7-5-10)17-21(3,19)20/h4-9,17H,1-3H3,(H,15,16). The average Bonchev–Trinajstić information content (AvgIpc) is 2.40. The molecule has 1 heterocycles. The van der Waals surface area contributed by atoms with E-state index in [4.69, 9.17) is 0 Å². The molecule has 0 atom stereocenters. The molecule has 0 saturated carbocycles. The van der Waals surface area contributed by atoms with Crippen molar-refractivity contribution in [3.8, 4) is 0 Å². The van der Waals surface area contributed by atoms with Crippen LogP contribution >= 0.6 is 0 Å². The van der Waals surface area contributed by atoms with Gasteiger partial charge in [0.15, 0.2) is 5.82 Å². The average molecular weight is 307 g/mol. The largest absolute Gasteiger partial charge is 0.376 e. The van der Waals surface area contributed by atoms with Gasteiger partial charge in [0.1, 0.15) is 0 Å². The van der Waals surface area contributed by atoms with Crippen molar-refractivity contribution in [2.24, 2.45) is 0 Å². The van der Waals surface area contributed by atoms with Crippen LogP contribution in [0.1, 0.15) is 0 Å². The highest BCUT2D eigenvalue weighted by Crippen LogP contribution is 2.20. The number of nitrogens with one attached hydrogen (secondary N) is 2. The zero-order chi connectivity index (χ0) is 15.5. The van der Waals surface area contributed by atoms with Crippen LogP contribution in [0.5, 0.6) is 0 Å². The summed E-state index contributed by atoms with van der Waals surface area (Å²) in [6, 6.07) is 8.74. The SMILES string of the molecule is CN(C)c1cnnc(Nc2ccc(NS(C)(=O)=O)cc2)c1. The third-order valence-corrected chi connectivity index (χ3v) is 3.22. The highest BCUT2D eigenvalue weighted by molar-refractivity contribution is 7.92. The summed E-state index contributed by atoms with van der Waals surface area (Å²) in [4.78, 5) is 1.93. The first-order chi connectivity index (χ1) is 9.83. The van der Waals surface area contributed by atoms with Gasteiger partial charge in [-0.2, -0.15) is 5.10 Å². The molecular weight excluding hydrogens is 290 g/mol. The van der Waals surface area contributed by atoms with Gasteiger partial charge < -0.3 is 10.2 Å². The lowest BCUT2D eigenvalue weighted by molar-refractivity contribution is 0.607. The molecule has 1 aromatic carbocycles. The van der Waals surface area contributed by atoms with Gasteiger partial charge in [0.25, 0.3) is 0 Å². The molecule has 0 aliphatic heterocycles. The summed E-state index contributed by atoms with van der Waals surface area (Å²) in [7, 11) is 0.584. The highest BCUT2D eigenvalue weighted by Gasteiger charge is 2.03. The van der Waals surface area contributed by atoms with E-state index in [0.717, 1.165) is 17.6 Å². The van der Waals surface area contributed by atoms with E-state index >= 15 is 0 Å². The molecule has 1 aromatic heterocycles. The van der Waals surface area contributed by atoms with Crippen molar-refractivity contribution in [1.29, 1.82) is 0 Å². The van der Waals surface area contributed by atoms with Crippen LogP contribution in [0.15, 0.2) is 36.5 Å². The van der Waals surface area contributed by atoms with Crippen LogP contribution in [0, 0.1) is 0 Å². The number of anilines is 4. The van der Waals surface area contributed by atoms with E-state index in [-0.39, 0.29) is 0 Å². The maximum atomic E-state index is 11.1. The molecule has 0 radical (unpaired) electrons. The molecule has 0 spiro atoms. The molecule has 0 saturated heterocycles. The summed E-state index contributed by atoms with van der Waals surface area (Å²) in [5.41, 5.74) is 2.23. The number of nitrogens with zero attached hydrogens (tertiary/aromatic N) is 3. The van der Waals surface area contributed by atoms with E-state index in [0.29, 0.717) is 11.5 Å². The monoisotopic (exact) mass is 307 g/mol. The van der Waals surface area contributed by atoms with Gasteiger partial charge in [0.05, 0.1) is 18.1 Å². The first-order valence-corrected chi connectivity index (χ1v) is 8.07. The second-order valence-electron chi connectivity index (χ2n) is 4.77. The molecule has 2 rings (SSSR count). The molecule has 7 nitrogen and oxygen atoms in total. The number of benzene rings is 1. The smallest absolute Gasteiger partial charge is 0.229 e. The molecule has 8 heteroatoms. The molecule has 0 amide bonds. The van der Waals surface area contributed by atoms with Crippen molar-refractivity contribution >= 4 is 32.9 Å². The lowest BCUT2D eigenvalue weighted by Gasteiger charge is -2.13. The van der Waals surface area contributed by atoms with Gasteiger partial charge in [-0.3, -0.25) is 4.72 Å². The summed E-state index contributed by atoms with van der Waals surface area (Å²) < 4.78 is 24.7. The van der Waals surface area contributed by atoms with Gasteiger partial charge in [0.2, 0.25) is 10.0 Å². The second-order valence-corrected chi connectivity index (χ2v) is 6.52. The first kappa shape index (κ1) is 15.0. The third-order valence-electron chi connectivity index (χ3n) is 2.62. The molecule has 2 aromatic rings. The summed E-state index contributed by atoms with van der Waals surface area (Å²) in [5, 5.41) is 11.0. The van der Waals surface area contributed by atoms with Gasteiger partial charge in [0, 0.05) is 31.5 Å². The van der Waals surface area contributed by atoms with Crippen LogP contribution in [-0.2, 0) is 10.0 Å². The summed E-state index contributed by atoms with van der Waals surface area (Å²) in [6.07, 6.45) is 2.78.